The molecule has 0 spiro atoms. The first-order valence-corrected chi connectivity index (χ1v) is 11.2. The highest BCUT2D eigenvalue weighted by molar-refractivity contribution is 9.10. The predicted octanol–water partition coefficient (Wildman–Crippen LogP) is 1.64. The molecular weight excluding hydrogens is 420 g/mol. The van der Waals surface area contributed by atoms with E-state index < -0.39 is 9.84 Å². The zero-order valence-electron chi connectivity index (χ0n) is 14.5. The lowest BCUT2D eigenvalue weighted by Gasteiger charge is -2.34. The van der Waals surface area contributed by atoms with Gasteiger partial charge < -0.3 is 4.90 Å². The summed E-state index contributed by atoms with van der Waals surface area (Å²) >= 11 is 3.40. The lowest BCUT2D eigenvalue weighted by molar-refractivity contribution is 0.0638. The molecule has 140 valence electrons. The van der Waals surface area contributed by atoms with E-state index in [2.05, 4.69) is 31.0 Å². The number of nitrogens with zero attached hydrogens (tertiary/aromatic N) is 3. The van der Waals surface area contributed by atoms with Crippen LogP contribution in [0.1, 0.15) is 10.5 Å². The fourth-order valence-electron chi connectivity index (χ4n) is 2.84. The highest BCUT2D eigenvalue weighted by Gasteiger charge is 2.24. The summed E-state index contributed by atoms with van der Waals surface area (Å²) in [6, 6.07) is 9.51. The summed E-state index contributed by atoms with van der Waals surface area (Å²) in [4.78, 5) is 16.5. The number of hydrogen-bond donors (Lipinski definition) is 1. The largest absolute Gasteiger partial charge is 0.335 e. The van der Waals surface area contributed by atoms with Gasteiger partial charge in [0.15, 0.2) is 0 Å². The maximum atomic E-state index is 12.7. The zero-order valence-corrected chi connectivity index (χ0v) is 16.9. The van der Waals surface area contributed by atoms with Crippen LogP contribution in [-0.4, -0.2) is 79.1 Å². The number of aromatic nitrogens is 2. The molecule has 1 aromatic carbocycles. The Hall–Kier alpha value is -1.71. The molecule has 1 N–H and O–H groups in total. The van der Waals surface area contributed by atoms with Crippen LogP contribution >= 0.6 is 15.9 Å². The standard InChI is InChI=1S/C17H21BrN4O3S/c1-26(24,25)11-10-21-6-8-22(9-7-21)17(23)16-12-15(19-20-16)13-2-4-14(18)5-3-13/h2-5,12H,6-11H2,1H3,(H,19,20). The molecule has 26 heavy (non-hydrogen) atoms. The lowest BCUT2D eigenvalue weighted by atomic mass is 10.1. The second-order valence-electron chi connectivity index (χ2n) is 6.44. The van der Waals surface area contributed by atoms with Crippen LogP contribution in [0.25, 0.3) is 11.3 Å². The number of sulfone groups is 1. The molecule has 3 rings (SSSR count). The molecule has 1 amide bonds. The summed E-state index contributed by atoms with van der Waals surface area (Å²) in [6.07, 6.45) is 1.24. The van der Waals surface area contributed by atoms with Crippen LogP contribution in [0.2, 0.25) is 0 Å². The first-order chi connectivity index (χ1) is 12.3. The Kier molecular flexibility index (Phi) is 5.79. The molecule has 1 fully saturated rings. The van der Waals surface area contributed by atoms with Gasteiger partial charge in [0.2, 0.25) is 0 Å². The van der Waals surface area contributed by atoms with Crippen LogP contribution in [0.4, 0.5) is 0 Å². The number of nitrogens with one attached hydrogen (secondary N) is 1. The number of aromatic amines is 1. The van der Waals surface area contributed by atoms with Crippen molar-refractivity contribution in [1.82, 2.24) is 20.0 Å². The molecule has 9 heteroatoms. The van der Waals surface area contributed by atoms with Crippen molar-refractivity contribution in [3.05, 3.63) is 40.5 Å². The van der Waals surface area contributed by atoms with E-state index in [9.17, 15) is 13.2 Å². The van der Waals surface area contributed by atoms with E-state index >= 15 is 0 Å². The van der Waals surface area contributed by atoms with E-state index in [0.717, 1.165) is 15.7 Å². The molecule has 2 aromatic rings. The summed E-state index contributed by atoms with van der Waals surface area (Å²) in [5.74, 6) is 0.0709. The molecule has 1 aliphatic rings. The van der Waals surface area contributed by atoms with Gasteiger partial charge in [0.1, 0.15) is 15.5 Å². The van der Waals surface area contributed by atoms with E-state index in [1.54, 1.807) is 11.0 Å². The maximum absolute atomic E-state index is 12.7. The molecule has 0 radical (unpaired) electrons. The van der Waals surface area contributed by atoms with Crippen molar-refractivity contribution < 1.29 is 13.2 Å². The number of piperazine rings is 1. The van der Waals surface area contributed by atoms with Gasteiger partial charge in [0.05, 0.1) is 11.4 Å². The van der Waals surface area contributed by atoms with Crippen molar-refractivity contribution in [3.8, 4) is 11.3 Å². The molecule has 0 bridgehead atoms. The van der Waals surface area contributed by atoms with Crippen molar-refractivity contribution in [3.63, 3.8) is 0 Å². The summed E-state index contributed by atoms with van der Waals surface area (Å²) in [5.41, 5.74) is 2.13. The smallest absolute Gasteiger partial charge is 0.271 e. The molecule has 0 aliphatic carbocycles. The minimum Gasteiger partial charge on any atom is -0.335 e. The Bertz CT molecular complexity index is 872. The van der Waals surface area contributed by atoms with E-state index in [4.69, 9.17) is 0 Å². The van der Waals surface area contributed by atoms with Crippen LogP contribution in [0, 0.1) is 0 Å². The minimum atomic E-state index is -2.96. The van der Waals surface area contributed by atoms with Crippen molar-refractivity contribution in [1.29, 1.82) is 0 Å². The van der Waals surface area contributed by atoms with Crippen molar-refractivity contribution in [2.45, 2.75) is 0 Å². The summed E-state index contributed by atoms with van der Waals surface area (Å²) in [7, 11) is -2.96. The quantitative estimate of drug-likeness (QED) is 0.763. The van der Waals surface area contributed by atoms with Gasteiger partial charge in [0.25, 0.3) is 5.91 Å². The molecule has 0 unspecified atom stereocenters. The maximum Gasteiger partial charge on any atom is 0.271 e. The number of H-pyrrole nitrogens is 1. The van der Waals surface area contributed by atoms with Gasteiger partial charge in [-0.1, -0.05) is 28.1 Å². The number of amides is 1. The Morgan fingerprint density at radius 3 is 2.46 bits per heavy atom. The minimum absolute atomic E-state index is 0.0800. The molecule has 2 heterocycles. The van der Waals surface area contributed by atoms with Crippen molar-refractivity contribution in [2.75, 3.05) is 44.7 Å². The zero-order chi connectivity index (χ0) is 18.7. The first-order valence-electron chi connectivity index (χ1n) is 8.32. The third kappa shape index (κ3) is 4.93. The Morgan fingerprint density at radius 1 is 1.19 bits per heavy atom. The fraction of sp³-hybridized carbons (Fsp3) is 0.412. The lowest BCUT2D eigenvalue weighted by Crippen LogP contribution is -2.49. The normalized spacial score (nSPS) is 16.0. The van der Waals surface area contributed by atoms with Crippen LogP contribution in [0.3, 0.4) is 0 Å². The first kappa shape index (κ1) is 19.1. The average molecular weight is 441 g/mol. The molecule has 0 saturated carbocycles. The number of carbonyl (C=O) groups excluding carboxylic acids is 1. The van der Waals surface area contributed by atoms with Gasteiger partial charge >= 0.3 is 0 Å². The predicted molar refractivity (Wildman–Crippen MR) is 104 cm³/mol. The van der Waals surface area contributed by atoms with Crippen LogP contribution in [0.15, 0.2) is 34.8 Å². The monoisotopic (exact) mass is 440 g/mol. The molecular formula is C17H21BrN4O3S. The van der Waals surface area contributed by atoms with Gasteiger partial charge in [-0.3, -0.25) is 14.8 Å². The third-order valence-electron chi connectivity index (χ3n) is 4.39. The number of benzene rings is 1. The molecule has 1 aliphatic heterocycles. The Labute approximate surface area is 161 Å². The molecule has 7 nitrogen and oxygen atoms in total. The number of hydrogen-bond acceptors (Lipinski definition) is 5. The van der Waals surface area contributed by atoms with E-state index in [-0.39, 0.29) is 11.7 Å². The number of carbonyl (C=O) groups is 1. The van der Waals surface area contributed by atoms with Gasteiger partial charge in [-0.15, -0.1) is 0 Å². The topological polar surface area (TPSA) is 86.4 Å². The summed E-state index contributed by atoms with van der Waals surface area (Å²) in [5, 5.41) is 7.06. The SMILES string of the molecule is CS(=O)(=O)CCN1CCN(C(=O)c2cc(-c3ccc(Br)cc3)n[nH]2)CC1. The van der Waals surface area contributed by atoms with Gasteiger partial charge in [0, 0.05) is 49.0 Å². The number of rotatable bonds is 5. The van der Waals surface area contributed by atoms with Crippen molar-refractivity contribution in [2.24, 2.45) is 0 Å². The highest BCUT2D eigenvalue weighted by atomic mass is 79.9. The second kappa shape index (κ2) is 7.89. The Balaban J connectivity index is 1.58. The van der Waals surface area contributed by atoms with Crippen LogP contribution in [0.5, 0.6) is 0 Å². The van der Waals surface area contributed by atoms with Gasteiger partial charge in [-0.2, -0.15) is 5.10 Å². The average Bonchev–Trinajstić information content (AvgIpc) is 3.10. The summed E-state index contributed by atoms with van der Waals surface area (Å²) < 4.78 is 23.5. The molecule has 0 atom stereocenters. The van der Waals surface area contributed by atoms with Crippen LogP contribution < -0.4 is 0 Å². The molecule has 1 saturated heterocycles. The van der Waals surface area contributed by atoms with Crippen molar-refractivity contribution >= 4 is 31.7 Å². The Morgan fingerprint density at radius 2 is 1.85 bits per heavy atom. The fourth-order valence-corrected chi connectivity index (χ4v) is 3.69. The summed E-state index contributed by atoms with van der Waals surface area (Å²) in [6.45, 7) is 3.02. The number of halogens is 1. The van der Waals surface area contributed by atoms with E-state index in [1.807, 2.05) is 24.3 Å². The van der Waals surface area contributed by atoms with Gasteiger partial charge in [-0.25, -0.2) is 8.42 Å². The highest BCUT2D eigenvalue weighted by Crippen LogP contribution is 2.21. The van der Waals surface area contributed by atoms with E-state index in [0.29, 0.717) is 38.4 Å². The second-order valence-corrected chi connectivity index (χ2v) is 9.61. The van der Waals surface area contributed by atoms with Gasteiger partial charge in [-0.05, 0) is 18.2 Å². The van der Waals surface area contributed by atoms with E-state index in [1.165, 1.54) is 6.26 Å². The van der Waals surface area contributed by atoms with Crippen LogP contribution in [-0.2, 0) is 9.84 Å². The third-order valence-corrected chi connectivity index (χ3v) is 5.84. The molecule has 1 aromatic heterocycles.